The van der Waals surface area contributed by atoms with Crippen molar-refractivity contribution in [3.05, 3.63) is 30.1 Å². The summed E-state index contributed by atoms with van der Waals surface area (Å²) in [7, 11) is 0. The van der Waals surface area contributed by atoms with Crippen LogP contribution in [0.1, 0.15) is 32.1 Å². The maximum atomic E-state index is 13.1. The predicted octanol–water partition coefficient (Wildman–Crippen LogP) is 2.86. The zero-order valence-corrected chi connectivity index (χ0v) is 9.86. The fourth-order valence-electron chi connectivity index (χ4n) is 3.37. The quantitative estimate of drug-likeness (QED) is 0.855. The van der Waals surface area contributed by atoms with Crippen LogP contribution in [0.15, 0.2) is 24.3 Å². The van der Waals surface area contributed by atoms with Crippen molar-refractivity contribution in [2.24, 2.45) is 11.1 Å². The number of hydrogen-bond acceptors (Lipinski definition) is 2. The Balaban J connectivity index is 1.74. The first-order valence-corrected chi connectivity index (χ1v) is 6.38. The molecule has 92 valence electrons. The highest BCUT2D eigenvalue weighted by molar-refractivity contribution is 5.24. The van der Waals surface area contributed by atoms with Gasteiger partial charge in [0.05, 0.1) is 0 Å². The number of benzene rings is 1. The van der Waals surface area contributed by atoms with Crippen molar-refractivity contribution in [3.63, 3.8) is 0 Å². The molecule has 2 aliphatic rings. The van der Waals surface area contributed by atoms with E-state index in [1.54, 1.807) is 6.07 Å². The van der Waals surface area contributed by atoms with Crippen molar-refractivity contribution in [2.45, 2.75) is 44.2 Å². The molecule has 0 amide bonds. The average Bonchev–Trinajstić information content (AvgIpc) is 2.80. The third-order valence-electron chi connectivity index (χ3n) is 4.46. The second-order valence-electron chi connectivity index (χ2n) is 5.35. The number of halogens is 1. The van der Waals surface area contributed by atoms with Crippen molar-refractivity contribution >= 4 is 0 Å². The van der Waals surface area contributed by atoms with Crippen LogP contribution in [0.5, 0.6) is 5.75 Å². The molecule has 2 aliphatic carbocycles. The molecule has 2 nitrogen and oxygen atoms in total. The first kappa shape index (κ1) is 11.0. The van der Waals surface area contributed by atoms with Gasteiger partial charge in [-0.3, -0.25) is 0 Å². The van der Waals surface area contributed by atoms with E-state index in [1.807, 2.05) is 6.07 Å². The lowest BCUT2D eigenvalue weighted by Crippen LogP contribution is -2.62. The second kappa shape index (κ2) is 3.98. The van der Waals surface area contributed by atoms with Gasteiger partial charge in [0, 0.05) is 23.9 Å². The molecule has 2 unspecified atom stereocenters. The van der Waals surface area contributed by atoms with Crippen molar-refractivity contribution in [1.29, 1.82) is 0 Å². The fraction of sp³-hybridized carbons (Fsp3) is 0.571. The normalized spacial score (nSPS) is 30.2. The molecule has 1 aromatic rings. The van der Waals surface area contributed by atoms with E-state index in [1.165, 1.54) is 25.0 Å². The number of nitrogens with two attached hydrogens (primary N) is 1. The van der Waals surface area contributed by atoms with Gasteiger partial charge >= 0.3 is 0 Å². The van der Waals surface area contributed by atoms with E-state index in [9.17, 15) is 4.39 Å². The first-order valence-electron chi connectivity index (χ1n) is 6.38. The summed E-state index contributed by atoms with van der Waals surface area (Å²) in [5.41, 5.74) is 6.31. The molecule has 2 fully saturated rings. The Morgan fingerprint density at radius 2 is 2.06 bits per heavy atom. The van der Waals surface area contributed by atoms with E-state index in [2.05, 4.69) is 0 Å². The van der Waals surface area contributed by atoms with E-state index >= 15 is 0 Å². The molecule has 3 heteroatoms. The van der Waals surface area contributed by atoms with Crippen LogP contribution in [0.4, 0.5) is 4.39 Å². The Morgan fingerprint density at radius 3 is 2.71 bits per heavy atom. The summed E-state index contributed by atoms with van der Waals surface area (Å²) in [4.78, 5) is 0. The molecule has 0 aliphatic heterocycles. The van der Waals surface area contributed by atoms with Crippen LogP contribution in [0, 0.1) is 11.2 Å². The minimum absolute atomic E-state index is 0.173. The summed E-state index contributed by atoms with van der Waals surface area (Å²) in [5, 5.41) is 0. The zero-order chi connectivity index (χ0) is 11.9. The molecule has 17 heavy (non-hydrogen) atoms. The number of ether oxygens (including phenoxy) is 1. The third kappa shape index (κ3) is 1.73. The molecule has 0 saturated heterocycles. The van der Waals surface area contributed by atoms with E-state index in [-0.39, 0.29) is 23.4 Å². The molecule has 0 heterocycles. The Kier molecular flexibility index (Phi) is 2.58. The topological polar surface area (TPSA) is 35.2 Å². The van der Waals surface area contributed by atoms with Crippen LogP contribution in [0.3, 0.4) is 0 Å². The Labute approximate surface area is 101 Å². The van der Waals surface area contributed by atoms with Gasteiger partial charge in [-0.2, -0.15) is 0 Å². The summed E-state index contributed by atoms with van der Waals surface area (Å²) >= 11 is 0. The van der Waals surface area contributed by atoms with Crippen LogP contribution in [-0.2, 0) is 0 Å². The van der Waals surface area contributed by atoms with Crippen LogP contribution < -0.4 is 10.5 Å². The molecule has 1 aromatic carbocycles. The molecule has 0 bridgehead atoms. The summed E-state index contributed by atoms with van der Waals surface area (Å²) in [6, 6.07) is 6.65. The van der Waals surface area contributed by atoms with Gasteiger partial charge in [0.15, 0.2) is 0 Å². The van der Waals surface area contributed by atoms with Gasteiger partial charge in [-0.1, -0.05) is 18.9 Å². The van der Waals surface area contributed by atoms with E-state index in [0.717, 1.165) is 19.3 Å². The molecule has 2 atom stereocenters. The van der Waals surface area contributed by atoms with Crippen LogP contribution in [0.2, 0.25) is 0 Å². The lowest BCUT2D eigenvalue weighted by molar-refractivity contribution is -0.0621. The molecule has 2 saturated carbocycles. The minimum atomic E-state index is -0.244. The first-order chi connectivity index (χ1) is 8.21. The van der Waals surface area contributed by atoms with Crippen LogP contribution in [-0.4, -0.2) is 12.1 Å². The summed E-state index contributed by atoms with van der Waals surface area (Å²) in [5.74, 6) is 0.389. The molecule has 2 N–H and O–H groups in total. The number of rotatable bonds is 2. The van der Waals surface area contributed by atoms with E-state index in [0.29, 0.717) is 5.75 Å². The molecule has 0 aromatic heterocycles. The number of hydrogen-bond donors (Lipinski definition) is 1. The average molecular weight is 235 g/mol. The van der Waals surface area contributed by atoms with Gasteiger partial charge in [-0.25, -0.2) is 4.39 Å². The van der Waals surface area contributed by atoms with E-state index < -0.39 is 0 Å². The monoisotopic (exact) mass is 235 g/mol. The van der Waals surface area contributed by atoms with Gasteiger partial charge in [0.2, 0.25) is 0 Å². The Hall–Kier alpha value is -1.09. The lowest BCUT2D eigenvalue weighted by atomic mass is 9.61. The van der Waals surface area contributed by atoms with Crippen molar-refractivity contribution in [1.82, 2.24) is 0 Å². The predicted molar refractivity (Wildman–Crippen MR) is 64.3 cm³/mol. The summed E-state index contributed by atoms with van der Waals surface area (Å²) in [6.07, 6.45) is 5.90. The Bertz CT molecular complexity index is 414. The summed E-state index contributed by atoms with van der Waals surface area (Å²) < 4.78 is 19.0. The maximum Gasteiger partial charge on any atom is 0.126 e. The minimum Gasteiger partial charge on any atom is -0.490 e. The van der Waals surface area contributed by atoms with Crippen molar-refractivity contribution in [3.8, 4) is 5.75 Å². The van der Waals surface area contributed by atoms with Gasteiger partial charge in [0.25, 0.3) is 0 Å². The summed E-state index contributed by atoms with van der Waals surface area (Å²) in [6.45, 7) is 0. The van der Waals surface area contributed by atoms with Crippen LogP contribution >= 0.6 is 0 Å². The molecule has 0 radical (unpaired) electrons. The third-order valence-corrected chi connectivity index (χ3v) is 4.46. The zero-order valence-electron chi connectivity index (χ0n) is 9.86. The largest absolute Gasteiger partial charge is 0.490 e. The smallest absolute Gasteiger partial charge is 0.126 e. The van der Waals surface area contributed by atoms with Gasteiger partial charge in [-0.15, -0.1) is 0 Å². The Morgan fingerprint density at radius 1 is 1.29 bits per heavy atom. The standard InChI is InChI=1S/C14H18FNO/c15-10-4-3-5-11(8-10)17-13-9-12(16)14(13)6-1-2-7-14/h3-5,8,12-13H,1-2,6-7,9,16H2. The van der Waals surface area contributed by atoms with Crippen LogP contribution in [0.25, 0.3) is 0 Å². The maximum absolute atomic E-state index is 13.1. The second-order valence-corrected chi connectivity index (χ2v) is 5.35. The SMILES string of the molecule is NC1CC(Oc2cccc(F)c2)C12CCCC2. The molecular formula is C14H18FNO. The van der Waals surface area contributed by atoms with Crippen molar-refractivity contribution in [2.75, 3.05) is 0 Å². The molecule has 3 rings (SSSR count). The highest BCUT2D eigenvalue weighted by Gasteiger charge is 2.56. The fourth-order valence-corrected chi connectivity index (χ4v) is 3.37. The van der Waals surface area contributed by atoms with Crippen molar-refractivity contribution < 1.29 is 9.13 Å². The van der Waals surface area contributed by atoms with Gasteiger partial charge < -0.3 is 10.5 Å². The highest BCUT2D eigenvalue weighted by Crippen LogP contribution is 2.53. The lowest BCUT2D eigenvalue weighted by Gasteiger charge is -2.52. The molecular weight excluding hydrogens is 217 g/mol. The molecule has 1 spiro atoms. The van der Waals surface area contributed by atoms with Gasteiger partial charge in [0.1, 0.15) is 17.7 Å². The van der Waals surface area contributed by atoms with Gasteiger partial charge in [-0.05, 0) is 25.0 Å². The van der Waals surface area contributed by atoms with E-state index in [4.69, 9.17) is 10.5 Å². The highest BCUT2D eigenvalue weighted by atomic mass is 19.1.